The summed E-state index contributed by atoms with van der Waals surface area (Å²) in [6.45, 7) is 2.97. The van der Waals surface area contributed by atoms with Crippen molar-refractivity contribution in [1.29, 1.82) is 0 Å². The summed E-state index contributed by atoms with van der Waals surface area (Å²) in [5.41, 5.74) is 0.785. The van der Waals surface area contributed by atoms with Gasteiger partial charge in [-0.3, -0.25) is 10.1 Å². The van der Waals surface area contributed by atoms with Gasteiger partial charge in [-0.15, -0.1) is 11.3 Å². The number of para-hydroxylation sites is 1. The number of aliphatic hydroxyl groups excluding tert-OH is 1. The molecule has 112 valence electrons. The number of hydrogen-bond donors (Lipinski definition) is 2. The molecule has 0 saturated heterocycles. The molecule has 1 heterocycles. The third-order valence-corrected chi connectivity index (χ3v) is 4.51. The summed E-state index contributed by atoms with van der Waals surface area (Å²) < 4.78 is 0. The molecule has 0 spiro atoms. The van der Waals surface area contributed by atoms with Crippen LogP contribution in [0.2, 0.25) is 0 Å². The molecule has 2 rings (SSSR count). The fourth-order valence-electron chi connectivity index (χ4n) is 2.07. The highest BCUT2D eigenvalue weighted by atomic mass is 32.1. The number of nitro groups is 1. The highest BCUT2D eigenvalue weighted by Crippen LogP contribution is 2.36. The number of benzene rings is 1. The molecule has 5 nitrogen and oxygen atoms in total. The van der Waals surface area contributed by atoms with Crippen molar-refractivity contribution in [2.24, 2.45) is 0 Å². The lowest BCUT2D eigenvalue weighted by Crippen LogP contribution is -2.19. The Morgan fingerprint density at radius 3 is 2.81 bits per heavy atom. The van der Waals surface area contributed by atoms with Gasteiger partial charge in [-0.1, -0.05) is 12.1 Å². The minimum atomic E-state index is -0.350. The molecule has 1 unspecified atom stereocenters. The molecule has 6 heteroatoms. The van der Waals surface area contributed by atoms with Gasteiger partial charge >= 0.3 is 0 Å². The first-order chi connectivity index (χ1) is 10.1. The first-order valence-corrected chi connectivity index (χ1v) is 7.63. The lowest BCUT2D eigenvalue weighted by molar-refractivity contribution is -0.384. The van der Waals surface area contributed by atoms with E-state index < -0.39 is 0 Å². The quantitative estimate of drug-likeness (QED) is 0.467. The van der Waals surface area contributed by atoms with Crippen LogP contribution in [-0.2, 0) is 0 Å². The molecule has 21 heavy (non-hydrogen) atoms. The maximum absolute atomic E-state index is 11.1. The van der Waals surface area contributed by atoms with Crippen LogP contribution in [0.4, 0.5) is 5.69 Å². The molecule has 1 aromatic carbocycles. The Balaban J connectivity index is 2.18. The number of nitrogens with zero attached hydrogens (tertiary/aromatic N) is 1. The van der Waals surface area contributed by atoms with Crippen molar-refractivity contribution >= 4 is 17.0 Å². The van der Waals surface area contributed by atoms with Crippen LogP contribution in [-0.4, -0.2) is 23.2 Å². The molecule has 2 aromatic rings. The second kappa shape index (κ2) is 7.31. The Bertz CT molecular complexity index is 612. The molecule has 0 aliphatic heterocycles. The summed E-state index contributed by atoms with van der Waals surface area (Å²) in [5.74, 6) is 0. The molecular formula is C15H18N2O3S. The van der Waals surface area contributed by atoms with Gasteiger partial charge < -0.3 is 10.4 Å². The van der Waals surface area contributed by atoms with Gasteiger partial charge in [0.1, 0.15) is 0 Å². The van der Waals surface area contributed by atoms with Gasteiger partial charge in [-0.05, 0) is 38.1 Å². The molecular weight excluding hydrogens is 288 g/mol. The van der Waals surface area contributed by atoms with Gasteiger partial charge in [0, 0.05) is 28.5 Å². The zero-order chi connectivity index (χ0) is 15.2. The largest absolute Gasteiger partial charge is 0.396 e. The van der Waals surface area contributed by atoms with E-state index in [0.717, 1.165) is 16.3 Å². The minimum absolute atomic E-state index is 0.131. The van der Waals surface area contributed by atoms with E-state index in [1.54, 1.807) is 23.5 Å². The summed E-state index contributed by atoms with van der Waals surface area (Å²) in [7, 11) is 0. The predicted molar refractivity (Wildman–Crippen MR) is 84.5 cm³/mol. The summed E-state index contributed by atoms with van der Waals surface area (Å²) in [6, 6.07) is 10.9. The Morgan fingerprint density at radius 2 is 2.10 bits per heavy atom. The van der Waals surface area contributed by atoms with Gasteiger partial charge in [-0.2, -0.15) is 0 Å². The van der Waals surface area contributed by atoms with E-state index in [1.165, 1.54) is 6.07 Å². The Labute approximate surface area is 127 Å². The van der Waals surface area contributed by atoms with E-state index in [1.807, 2.05) is 25.1 Å². The molecule has 0 radical (unpaired) electrons. The van der Waals surface area contributed by atoms with Crippen LogP contribution in [0.1, 0.15) is 24.3 Å². The Hall–Kier alpha value is -1.76. The van der Waals surface area contributed by atoms with Gasteiger partial charge in [0.15, 0.2) is 0 Å². The number of thiophene rings is 1. The topological polar surface area (TPSA) is 75.4 Å². The van der Waals surface area contributed by atoms with E-state index in [0.29, 0.717) is 12.0 Å². The smallest absolute Gasteiger partial charge is 0.278 e. The number of nitro benzene ring substituents is 1. The molecule has 1 atom stereocenters. The SMILES string of the molecule is CC(NCCCO)c1ccc(-c2ccccc2[N+](=O)[O-])s1. The average molecular weight is 306 g/mol. The molecule has 0 aliphatic carbocycles. The molecule has 0 bridgehead atoms. The van der Waals surface area contributed by atoms with Crippen molar-refractivity contribution in [3.05, 3.63) is 51.4 Å². The fourth-order valence-corrected chi connectivity index (χ4v) is 3.14. The molecule has 0 aliphatic rings. The van der Waals surface area contributed by atoms with Crippen LogP contribution in [0.5, 0.6) is 0 Å². The van der Waals surface area contributed by atoms with Crippen molar-refractivity contribution in [2.75, 3.05) is 13.2 Å². The lowest BCUT2D eigenvalue weighted by Gasteiger charge is -2.11. The summed E-state index contributed by atoms with van der Waals surface area (Å²) in [4.78, 5) is 12.8. The van der Waals surface area contributed by atoms with E-state index in [4.69, 9.17) is 5.11 Å². The first-order valence-electron chi connectivity index (χ1n) is 6.81. The first kappa shape index (κ1) is 15.6. The van der Waals surface area contributed by atoms with Gasteiger partial charge in [0.2, 0.25) is 0 Å². The standard InChI is InChI=1S/C15H18N2O3S/c1-11(16-9-4-10-18)14-7-8-15(21-14)12-5-2-3-6-13(12)17(19)20/h2-3,5-8,11,16,18H,4,9-10H2,1H3. The minimum Gasteiger partial charge on any atom is -0.396 e. The Morgan fingerprint density at radius 1 is 1.33 bits per heavy atom. The van der Waals surface area contributed by atoms with E-state index >= 15 is 0 Å². The number of rotatable bonds is 7. The average Bonchev–Trinajstić information content (AvgIpc) is 2.97. The van der Waals surface area contributed by atoms with Crippen molar-refractivity contribution in [3.63, 3.8) is 0 Å². The zero-order valence-corrected chi connectivity index (χ0v) is 12.6. The molecule has 0 amide bonds. The van der Waals surface area contributed by atoms with Crippen LogP contribution in [0.25, 0.3) is 10.4 Å². The van der Waals surface area contributed by atoms with Crippen molar-refractivity contribution in [3.8, 4) is 10.4 Å². The normalized spacial score (nSPS) is 12.3. The van der Waals surface area contributed by atoms with Crippen LogP contribution >= 0.6 is 11.3 Å². The molecule has 0 saturated carbocycles. The summed E-state index contributed by atoms with van der Waals surface area (Å²) in [5, 5.41) is 23.2. The monoisotopic (exact) mass is 306 g/mol. The van der Waals surface area contributed by atoms with Gasteiger partial charge in [-0.25, -0.2) is 0 Å². The fraction of sp³-hybridized carbons (Fsp3) is 0.333. The number of nitrogens with one attached hydrogen (secondary N) is 1. The third-order valence-electron chi connectivity index (χ3n) is 3.21. The molecule has 0 fully saturated rings. The maximum atomic E-state index is 11.1. The lowest BCUT2D eigenvalue weighted by atomic mass is 10.1. The van der Waals surface area contributed by atoms with Crippen LogP contribution in [0, 0.1) is 10.1 Å². The second-order valence-corrected chi connectivity index (χ2v) is 5.84. The highest BCUT2D eigenvalue weighted by Gasteiger charge is 2.17. The summed E-state index contributed by atoms with van der Waals surface area (Å²) in [6.07, 6.45) is 0.715. The van der Waals surface area contributed by atoms with Gasteiger partial charge in [0.05, 0.1) is 10.5 Å². The number of hydrogen-bond acceptors (Lipinski definition) is 5. The predicted octanol–water partition coefficient (Wildman–Crippen LogP) is 3.36. The molecule has 2 N–H and O–H groups in total. The Kier molecular flexibility index (Phi) is 5.44. The van der Waals surface area contributed by atoms with Crippen molar-refractivity contribution < 1.29 is 10.0 Å². The maximum Gasteiger partial charge on any atom is 0.278 e. The van der Waals surface area contributed by atoms with Crippen molar-refractivity contribution in [2.45, 2.75) is 19.4 Å². The van der Waals surface area contributed by atoms with E-state index in [2.05, 4.69) is 5.32 Å². The van der Waals surface area contributed by atoms with E-state index in [-0.39, 0.29) is 23.3 Å². The van der Waals surface area contributed by atoms with Crippen LogP contribution in [0.3, 0.4) is 0 Å². The number of aliphatic hydroxyl groups is 1. The van der Waals surface area contributed by atoms with Crippen LogP contribution in [0.15, 0.2) is 36.4 Å². The van der Waals surface area contributed by atoms with Crippen LogP contribution < -0.4 is 5.32 Å². The third kappa shape index (κ3) is 3.87. The zero-order valence-electron chi connectivity index (χ0n) is 11.8. The summed E-state index contributed by atoms with van der Waals surface area (Å²) >= 11 is 1.55. The molecule has 1 aromatic heterocycles. The van der Waals surface area contributed by atoms with E-state index in [9.17, 15) is 10.1 Å². The van der Waals surface area contributed by atoms with Crippen molar-refractivity contribution in [1.82, 2.24) is 5.32 Å². The van der Waals surface area contributed by atoms with Gasteiger partial charge in [0.25, 0.3) is 5.69 Å². The highest BCUT2D eigenvalue weighted by molar-refractivity contribution is 7.15. The second-order valence-electron chi connectivity index (χ2n) is 4.73.